The maximum absolute atomic E-state index is 11.2. The number of imidazole rings is 1. The van der Waals surface area contributed by atoms with E-state index >= 15 is 0 Å². The first-order valence-corrected chi connectivity index (χ1v) is 8.76. The fraction of sp³-hybridized carbons (Fsp3) is 0.500. The van der Waals surface area contributed by atoms with E-state index in [0.29, 0.717) is 11.2 Å². The molecule has 3 atom stereocenters. The van der Waals surface area contributed by atoms with Gasteiger partial charge in [0.05, 0.1) is 19.0 Å². The molecular formula is C12H16N5O7P. The molecule has 13 heteroatoms. The third-order valence-corrected chi connectivity index (χ3v) is 4.06. The van der Waals surface area contributed by atoms with Gasteiger partial charge in [0.25, 0.3) is 0 Å². The number of ether oxygens (including phenoxy) is 1. The number of nitrogens with one attached hydrogen (secondary N) is 1. The lowest BCUT2D eigenvalue weighted by atomic mass is 10.2. The van der Waals surface area contributed by atoms with E-state index in [1.54, 1.807) is 4.57 Å². The summed E-state index contributed by atoms with van der Waals surface area (Å²) in [5.41, 5.74) is 0.734. The zero-order valence-corrected chi connectivity index (χ0v) is 13.9. The van der Waals surface area contributed by atoms with E-state index in [0.717, 1.165) is 0 Å². The average molecular weight is 373 g/mol. The zero-order chi connectivity index (χ0) is 18.2. The van der Waals surface area contributed by atoms with Gasteiger partial charge in [-0.05, 0) is 0 Å². The molecule has 1 saturated heterocycles. The number of hydrogen-bond acceptors (Lipinski definition) is 8. The van der Waals surface area contributed by atoms with E-state index in [2.05, 4.69) is 24.8 Å². The fourth-order valence-electron chi connectivity index (χ4n) is 2.53. The first-order valence-electron chi connectivity index (χ1n) is 7.23. The van der Waals surface area contributed by atoms with Crippen LogP contribution in [0.3, 0.4) is 0 Å². The predicted molar refractivity (Wildman–Crippen MR) is 82.2 cm³/mol. The predicted octanol–water partition coefficient (Wildman–Crippen LogP) is -0.458. The number of phosphoric acid groups is 1. The molecule has 0 bridgehead atoms. The smallest absolute Gasteiger partial charge is 0.390 e. The number of anilines is 1. The minimum Gasteiger partial charge on any atom is -0.390 e. The van der Waals surface area contributed by atoms with Crippen LogP contribution < -0.4 is 5.32 Å². The van der Waals surface area contributed by atoms with E-state index in [4.69, 9.17) is 14.5 Å². The molecule has 0 aliphatic carbocycles. The number of aromatic nitrogens is 4. The number of fused-ring (bicyclic) bond motifs is 1. The number of nitrogens with zero attached hydrogens (tertiary/aromatic N) is 4. The normalized spacial score (nSPS) is 23.9. The second-order valence-corrected chi connectivity index (χ2v) is 6.69. The summed E-state index contributed by atoms with van der Waals surface area (Å²) in [5.74, 6) is -0.0621. The second-order valence-electron chi connectivity index (χ2n) is 5.45. The molecule has 0 radical (unpaired) electrons. The van der Waals surface area contributed by atoms with Gasteiger partial charge in [0, 0.05) is 13.3 Å². The first-order chi connectivity index (χ1) is 11.7. The quantitative estimate of drug-likeness (QED) is 0.503. The molecule has 136 valence electrons. The van der Waals surface area contributed by atoms with Crippen LogP contribution in [0.5, 0.6) is 0 Å². The number of hydrogen-bond donors (Lipinski definition) is 4. The molecule has 0 unspecified atom stereocenters. The van der Waals surface area contributed by atoms with Gasteiger partial charge in [-0.1, -0.05) is 0 Å². The third-order valence-electron chi connectivity index (χ3n) is 3.57. The summed E-state index contributed by atoms with van der Waals surface area (Å²) in [6.07, 6.45) is 0.280. The standard InChI is InChI=1S/C12H16N5O7P/c1-6(18)16-11-10-12(14-4-13-11)17(5-15-10)9-2-7(19)8(24-9)3-23-25(20,21)22/h4-5,7-9,19H,2-3H2,1H3,(H2,20,21,22)(H,13,14,16,18)/t7-,8+,9+/m0/s1. The Morgan fingerprint density at radius 2 is 2.24 bits per heavy atom. The topological polar surface area (TPSA) is 169 Å². The maximum Gasteiger partial charge on any atom is 0.469 e. The van der Waals surface area contributed by atoms with Crippen molar-refractivity contribution in [3.8, 4) is 0 Å². The Kier molecular flexibility index (Phi) is 4.82. The Hall–Kier alpha value is -1.95. The third kappa shape index (κ3) is 4.00. The molecule has 2 aromatic rings. The molecule has 0 spiro atoms. The van der Waals surface area contributed by atoms with Gasteiger partial charge in [-0.2, -0.15) is 0 Å². The Morgan fingerprint density at radius 3 is 2.92 bits per heavy atom. The van der Waals surface area contributed by atoms with Gasteiger partial charge in [-0.25, -0.2) is 19.5 Å². The number of rotatable bonds is 5. The van der Waals surface area contributed by atoms with Crippen molar-refractivity contribution >= 4 is 30.7 Å². The highest BCUT2D eigenvalue weighted by atomic mass is 31.2. The molecule has 1 amide bonds. The second kappa shape index (κ2) is 6.75. The SMILES string of the molecule is CC(=O)Nc1ncnc2c1ncn2[C@H]1C[C@H](O)[C@@H](COP(=O)(O)O)O1. The van der Waals surface area contributed by atoms with Gasteiger partial charge in [0.2, 0.25) is 5.91 Å². The van der Waals surface area contributed by atoms with E-state index in [1.165, 1.54) is 19.6 Å². The molecule has 1 aliphatic rings. The monoisotopic (exact) mass is 373 g/mol. The molecule has 1 aliphatic heterocycles. The highest BCUT2D eigenvalue weighted by Gasteiger charge is 2.37. The van der Waals surface area contributed by atoms with Crippen LogP contribution in [0.15, 0.2) is 12.7 Å². The summed E-state index contributed by atoms with van der Waals surface area (Å²) in [6, 6.07) is 0. The molecular weight excluding hydrogens is 357 g/mol. The minimum absolute atomic E-state index is 0.153. The number of carbonyl (C=O) groups is 1. The molecule has 12 nitrogen and oxygen atoms in total. The number of amides is 1. The lowest BCUT2D eigenvalue weighted by Crippen LogP contribution is -2.25. The lowest BCUT2D eigenvalue weighted by Gasteiger charge is -2.16. The van der Waals surface area contributed by atoms with Crippen LogP contribution in [0.1, 0.15) is 19.6 Å². The van der Waals surface area contributed by atoms with Crippen molar-refractivity contribution in [1.29, 1.82) is 0 Å². The fourth-order valence-corrected chi connectivity index (χ4v) is 2.87. The van der Waals surface area contributed by atoms with Crippen LogP contribution in [0.2, 0.25) is 0 Å². The molecule has 3 heterocycles. The Bertz CT molecular complexity index is 836. The number of aliphatic hydroxyl groups excluding tert-OH is 1. The van der Waals surface area contributed by atoms with Crippen molar-refractivity contribution in [3.05, 3.63) is 12.7 Å². The summed E-state index contributed by atoms with van der Waals surface area (Å²) < 4.78 is 22.3. The van der Waals surface area contributed by atoms with Crippen molar-refractivity contribution in [2.75, 3.05) is 11.9 Å². The maximum atomic E-state index is 11.2. The van der Waals surface area contributed by atoms with E-state index < -0.39 is 32.9 Å². The van der Waals surface area contributed by atoms with Crippen molar-refractivity contribution in [3.63, 3.8) is 0 Å². The molecule has 2 aromatic heterocycles. The summed E-state index contributed by atoms with van der Waals surface area (Å²) in [5, 5.41) is 12.6. The number of carbonyl (C=O) groups excluding carboxylic acids is 1. The summed E-state index contributed by atoms with van der Waals surface area (Å²) in [6.45, 7) is 0.883. The van der Waals surface area contributed by atoms with Crippen molar-refractivity contribution in [1.82, 2.24) is 19.5 Å². The molecule has 0 saturated carbocycles. The van der Waals surface area contributed by atoms with Crippen molar-refractivity contribution in [2.45, 2.75) is 31.8 Å². The van der Waals surface area contributed by atoms with Crippen LogP contribution in [0.4, 0.5) is 5.82 Å². The Morgan fingerprint density at radius 1 is 1.48 bits per heavy atom. The van der Waals surface area contributed by atoms with Gasteiger partial charge < -0.3 is 24.9 Å². The number of phosphoric ester groups is 1. The van der Waals surface area contributed by atoms with Crippen LogP contribution >= 0.6 is 7.82 Å². The zero-order valence-electron chi connectivity index (χ0n) is 13.0. The highest BCUT2D eigenvalue weighted by Crippen LogP contribution is 2.38. The summed E-state index contributed by atoms with van der Waals surface area (Å²) in [7, 11) is -4.65. The molecule has 0 aromatic carbocycles. The molecule has 3 rings (SSSR count). The van der Waals surface area contributed by atoms with E-state index in [-0.39, 0.29) is 18.1 Å². The largest absolute Gasteiger partial charge is 0.469 e. The van der Waals surface area contributed by atoms with Crippen LogP contribution in [-0.4, -0.2) is 59.1 Å². The lowest BCUT2D eigenvalue weighted by molar-refractivity contribution is -0.114. The van der Waals surface area contributed by atoms with Gasteiger partial charge in [-0.3, -0.25) is 13.9 Å². The van der Waals surface area contributed by atoms with Crippen LogP contribution in [0.25, 0.3) is 11.2 Å². The molecule has 4 N–H and O–H groups in total. The van der Waals surface area contributed by atoms with Gasteiger partial charge >= 0.3 is 7.82 Å². The van der Waals surface area contributed by atoms with Gasteiger partial charge in [0.15, 0.2) is 17.0 Å². The van der Waals surface area contributed by atoms with Gasteiger partial charge in [0.1, 0.15) is 18.7 Å². The Labute approximate surface area is 141 Å². The minimum atomic E-state index is -4.65. The first kappa shape index (κ1) is 17.9. The van der Waals surface area contributed by atoms with Crippen molar-refractivity contribution < 1.29 is 33.5 Å². The van der Waals surface area contributed by atoms with Crippen LogP contribution in [-0.2, 0) is 18.6 Å². The summed E-state index contributed by atoms with van der Waals surface area (Å²) >= 11 is 0. The van der Waals surface area contributed by atoms with Crippen LogP contribution in [0, 0.1) is 0 Å². The van der Waals surface area contributed by atoms with Crippen molar-refractivity contribution in [2.24, 2.45) is 0 Å². The van der Waals surface area contributed by atoms with E-state index in [9.17, 15) is 14.5 Å². The molecule has 1 fully saturated rings. The summed E-state index contributed by atoms with van der Waals surface area (Å²) in [4.78, 5) is 40.9. The molecule has 25 heavy (non-hydrogen) atoms. The Balaban J connectivity index is 1.81. The highest BCUT2D eigenvalue weighted by molar-refractivity contribution is 7.46. The van der Waals surface area contributed by atoms with Gasteiger partial charge in [-0.15, -0.1) is 0 Å². The number of aliphatic hydroxyl groups is 1. The average Bonchev–Trinajstić information content (AvgIpc) is 3.08. The van der Waals surface area contributed by atoms with E-state index in [1.807, 2.05) is 0 Å².